The number of aliphatic hydroxyl groups is 4. The van der Waals surface area contributed by atoms with Crippen LogP contribution >= 0.6 is 62.3 Å². The van der Waals surface area contributed by atoms with E-state index in [0.29, 0.717) is 95.2 Å². The van der Waals surface area contributed by atoms with Gasteiger partial charge in [0, 0.05) is 23.7 Å². The predicted octanol–water partition coefficient (Wildman–Crippen LogP) is 24.2. The number of nitrogens with one attached hydrogen (secondary N) is 1. The van der Waals surface area contributed by atoms with Crippen molar-refractivity contribution in [2.45, 2.75) is 336 Å². The fourth-order valence-electron chi connectivity index (χ4n) is 35.3. The number of aromatic amines is 1. The number of Topliss-reactive ketones (excluding diaryl/α,β-unsaturated/α-hetero) is 4. The van der Waals surface area contributed by atoms with E-state index >= 15 is 0 Å². The molecule has 0 spiro atoms. The summed E-state index contributed by atoms with van der Waals surface area (Å²) in [5.74, 6) is 17.2. The topological polar surface area (TPSA) is 283 Å². The number of benzene rings is 4. The van der Waals surface area contributed by atoms with Crippen LogP contribution in [0.5, 0.6) is 0 Å². The zero-order valence-corrected chi connectivity index (χ0v) is 84.4. The van der Waals surface area contributed by atoms with Crippen LogP contribution in [0.25, 0.3) is 44.1 Å². The number of hydrogen-bond acceptors (Lipinski definition) is 16. The Bertz CT molecular complexity index is 5620. The van der Waals surface area contributed by atoms with Crippen molar-refractivity contribution in [2.75, 3.05) is 5.33 Å². The monoisotopic (exact) mass is 1970 g/mol. The summed E-state index contributed by atoms with van der Waals surface area (Å²) in [4.78, 5) is 54.8. The van der Waals surface area contributed by atoms with Crippen molar-refractivity contribution in [1.29, 1.82) is 0 Å². The highest BCUT2D eigenvalue weighted by atomic mass is 79.9. The van der Waals surface area contributed by atoms with Gasteiger partial charge in [-0.15, -0.1) is 10.2 Å². The number of H-pyrrole nitrogens is 1. The fraction of sp³-hybridized carbons (Fsp3) is 0.743. The minimum atomic E-state index is -0.462. The zero-order valence-electron chi connectivity index (χ0n) is 79.8. The smallest absolute Gasteiger partial charge is 0.159 e. The average molecular weight is 1980 g/mol. The van der Waals surface area contributed by atoms with Gasteiger partial charge in [0.1, 0.15) is 64.0 Å². The van der Waals surface area contributed by atoms with Gasteiger partial charge < -0.3 is 20.4 Å². The number of halogens is 5. The first-order valence-electron chi connectivity index (χ1n) is 52.0. The number of ketones is 4. The van der Waals surface area contributed by atoms with Crippen LogP contribution in [0.3, 0.4) is 0 Å². The van der Waals surface area contributed by atoms with Crippen molar-refractivity contribution in [3.05, 3.63) is 92.9 Å². The Morgan fingerprint density at radius 3 is 1.10 bits per heavy atom. The van der Waals surface area contributed by atoms with E-state index in [9.17, 15) is 39.6 Å². The summed E-state index contributed by atoms with van der Waals surface area (Å²) in [6.45, 7) is 18.6. The van der Waals surface area contributed by atoms with Crippen molar-refractivity contribution in [1.82, 2.24) is 60.4 Å². The fourth-order valence-corrected chi connectivity index (χ4v) is 36.6. The molecule has 24 rings (SSSR count). The second-order valence-electron chi connectivity index (χ2n) is 48.4. The quantitative estimate of drug-likeness (QED) is 0.0752. The highest BCUT2D eigenvalue weighted by Gasteiger charge is 2.64. The van der Waals surface area contributed by atoms with Crippen molar-refractivity contribution in [2.24, 2.45) is 164 Å². The van der Waals surface area contributed by atoms with E-state index in [4.69, 9.17) is 46.4 Å². The molecule has 4 heterocycles. The third-order valence-corrected chi connectivity index (χ3v) is 43.0. The van der Waals surface area contributed by atoms with Gasteiger partial charge in [0.25, 0.3) is 0 Å². The number of para-hydroxylation sites is 2. The summed E-state index contributed by atoms with van der Waals surface area (Å²) in [5, 5.41) is 81.5. The third kappa shape index (κ3) is 18.1. The van der Waals surface area contributed by atoms with Gasteiger partial charge in [-0.05, 0) is 447 Å². The second-order valence-corrected chi connectivity index (χ2v) is 50.6. The molecule has 728 valence electrons. The molecule has 16 aliphatic rings. The van der Waals surface area contributed by atoms with E-state index in [2.05, 4.69) is 89.9 Å². The Morgan fingerprint density at radius 1 is 0.351 bits per heavy atom. The van der Waals surface area contributed by atoms with E-state index in [0.717, 1.165) is 206 Å². The number of aromatic nitrogens is 12. The molecule has 0 amide bonds. The molecule has 5 N–H and O–H groups in total. The normalized spacial score (nSPS) is 41.9. The van der Waals surface area contributed by atoms with Gasteiger partial charge in [-0.2, -0.15) is 30.4 Å². The first kappa shape index (κ1) is 97.5. The van der Waals surface area contributed by atoms with Gasteiger partial charge in [-0.1, -0.05) is 132 Å². The lowest BCUT2D eigenvalue weighted by molar-refractivity contribution is -0.133. The summed E-state index contributed by atoms with van der Waals surface area (Å²) < 4.78 is 3.45. The highest BCUT2D eigenvalue weighted by Crippen LogP contribution is 2.70. The Balaban J connectivity index is 0.000000111. The molecule has 16 fully saturated rings. The highest BCUT2D eigenvalue weighted by molar-refractivity contribution is 9.09. The number of hydrogen-bond donors (Lipinski definition) is 5. The lowest BCUT2D eigenvalue weighted by atomic mass is 9.49. The number of nitrogens with zero attached hydrogens (tertiary/aromatic N) is 11. The molecule has 0 unspecified atom stereocenters. The summed E-state index contributed by atoms with van der Waals surface area (Å²) >= 11 is 28.1. The SMILES string of the molecule is C.C[C@@]1(O)CC[C@H]2[C@H](CC[C@@H]3[C@@H]2CC[C@]2(C)[C@@H](C(=O)CBr)CC[C@@H]32)C1.C[C@@]1(O)CC[C@H]2[C@H](CC[C@@H]3[C@@H]2CC[C@]2(C)[C@@H](C(=O)Cn4nc5cccc(Cl)c5n4)CC[C@@H]32)C1.C[C@@]1(O)CC[C@H]2[C@H](CC[C@@H]3[C@@H]2CC[C@]2(C)[C@@H](C(=O)Cn4nnc5c(Cl)cccc54)CC[C@@H]32)C1.C[C@@]1(O)CC[C@H]2[C@H](CC[C@@H]3[C@@H]2CC[C@]2(C)[C@@H](C(=O)Cn4nnc5cccc(Cl)c54)CC[C@@H]32)C1.Clc1cccc2n[nH]nc12. The summed E-state index contributed by atoms with van der Waals surface area (Å²) in [6, 6.07) is 22.3. The molecule has 8 aromatic rings. The molecular formula is C109H149BrCl4N12O8. The molecule has 16 saturated carbocycles. The average Bonchev–Trinajstić information content (AvgIpc) is 1.54. The second kappa shape index (κ2) is 37.8. The van der Waals surface area contributed by atoms with E-state index in [1.54, 1.807) is 20.2 Å². The van der Waals surface area contributed by atoms with Crippen LogP contribution in [0.1, 0.15) is 294 Å². The zero-order chi connectivity index (χ0) is 93.0. The molecule has 0 saturated heterocycles. The number of rotatable bonds is 11. The number of alkyl halides is 1. The maximum atomic E-state index is 13.6. The third-order valence-electron chi connectivity index (χ3n) is 41.2. The van der Waals surface area contributed by atoms with Crippen LogP contribution in [0.15, 0.2) is 72.8 Å². The van der Waals surface area contributed by atoms with Gasteiger partial charge in [0.15, 0.2) is 17.3 Å². The van der Waals surface area contributed by atoms with Crippen molar-refractivity contribution < 1.29 is 39.6 Å². The van der Waals surface area contributed by atoms with Crippen LogP contribution in [-0.4, -0.2) is 132 Å². The van der Waals surface area contributed by atoms with Crippen molar-refractivity contribution in [3.63, 3.8) is 0 Å². The van der Waals surface area contributed by atoms with Crippen molar-refractivity contribution in [3.8, 4) is 0 Å². The maximum Gasteiger partial charge on any atom is 0.159 e. The Labute approximate surface area is 821 Å². The summed E-state index contributed by atoms with van der Waals surface area (Å²) in [6.07, 6.45) is 41.7. The van der Waals surface area contributed by atoms with Gasteiger partial charge >= 0.3 is 0 Å². The van der Waals surface area contributed by atoms with Crippen LogP contribution < -0.4 is 0 Å². The molecule has 32 atom stereocenters. The van der Waals surface area contributed by atoms with Gasteiger partial charge in [-0.3, -0.25) is 19.2 Å². The van der Waals surface area contributed by atoms with E-state index in [1.807, 2.05) is 94.4 Å². The minimum Gasteiger partial charge on any atom is -0.390 e. The molecule has 16 aliphatic carbocycles. The first-order chi connectivity index (χ1) is 63.5. The van der Waals surface area contributed by atoms with Crippen LogP contribution in [-0.2, 0) is 38.8 Å². The molecule has 4 aromatic heterocycles. The Morgan fingerprint density at radius 2 is 0.694 bits per heavy atom. The van der Waals surface area contributed by atoms with Crippen molar-refractivity contribution >= 4 is 130 Å². The lowest BCUT2D eigenvalue weighted by Crippen LogP contribution is -2.51. The van der Waals surface area contributed by atoms with E-state index in [1.165, 1.54) is 141 Å². The Hall–Kier alpha value is -5.36. The lowest BCUT2D eigenvalue weighted by Gasteiger charge is -2.56. The number of fused-ring (bicyclic) bond motifs is 24. The standard InChI is InChI=1S/3C27H36ClN3O2.C21H33BrO2.C6H4ClN3.CH4/c1-26(33)12-10-17-16(14-26)6-7-19-18(17)11-13-27(2)20(19)8-9-21(27)24(32)15-31-23-5-3-4-22(28)25(23)29-30-31;1-26(33)12-10-17-16(14-26)6-7-19-18(17)11-13-27(2)20(19)8-9-21(27)24(32)15-31-25-22(28)4-3-5-23(25)29-30-31;1-26(33)12-10-17-16(14-26)6-7-19-18(17)11-13-27(2)20(19)8-9-21(27)24(32)15-31-29-23-5-3-4-22(28)25(23)30-31;1-20(24)9-7-14-13(11-20)3-4-16-15(14)8-10-21(2)17(16)5-6-18(21)19(23)12-22;7-4-2-1-3-5-6(4)9-10-8-5;/h3*3-5,16-21,33H,6-15H2,1-2H3;13-18,24H,3-12H2,1-2H3;1-3H,(H,8,9,10);1H4/t3*16-,17+,18-,19-,20+,21-,26-,27+;13-,14+,15-,16-,17+,18-,20-,21+;;/m1111../s1. The minimum absolute atomic E-state index is 0. The largest absolute Gasteiger partial charge is 0.390 e. The molecule has 134 heavy (non-hydrogen) atoms. The molecule has 4 aromatic carbocycles. The van der Waals surface area contributed by atoms with E-state index in [-0.39, 0.29) is 72.3 Å². The summed E-state index contributed by atoms with van der Waals surface area (Å²) in [5.41, 5.74) is 4.75. The molecule has 0 bridgehead atoms. The predicted molar refractivity (Wildman–Crippen MR) is 532 cm³/mol. The molecule has 25 heteroatoms. The Kier molecular flexibility index (Phi) is 27.5. The molecule has 20 nitrogen and oxygen atoms in total. The van der Waals surface area contributed by atoms with Crippen LogP contribution in [0.4, 0.5) is 0 Å². The van der Waals surface area contributed by atoms with Crippen LogP contribution in [0.2, 0.25) is 20.1 Å². The van der Waals surface area contributed by atoms with Crippen LogP contribution in [0, 0.1) is 164 Å². The maximum absolute atomic E-state index is 13.6. The molecule has 0 radical (unpaired) electrons. The molecule has 0 aliphatic heterocycles. The summed E-state index contributed by atoms with van der Waals surface area (Å²) in [7, 11) is 0. The first-order valence-corrected chi connectivity index (χ1v) is 54.6. The number of carbonyl (C=O) groups is 4. The van der Waals surface area contributed by atoms with Gasteiger partial charge in [-0.25, -0.2) is 9.36 Å². The number of carbonyl (C=O) groups excluding carboxylic acids is 4. The van der Waals surface area contributed by atoms with E-state index < -0.39 is 22.4 Å². The van der Waals surface area contributed by atoms with Gasteiger partial charge in [0.05, 0.1) is 53.3 Å². The van der Waals surface area contributed by atoms with Gasteiger partial charge in [0.2, 0.25) is 0 Å². The molecular weight excluding hydrogens is 1830 g/mol.